The zero-order valence-electron chi connectivity index (χ0n) is 13.6. The predicted octanol–water partition coefficient (Wildman–Crippen LogP) is 4.63. The number of aromatic nitrogens is 2. The van der Waals surface area contributed by atoms with Crippen LogP contribution in [-0.4, -0.2) is 15.9 Å². The molecule has 0 aliphatic carbocycles. The predicted molar refractivity (Wildman–Crippen MR) is 91.1 cm³/mol. The van der Waals surface area contributed by atoms with Crippen LogP contribution in [0.3, 0.4) is 0 Å². The first-order chi connectivity index (χ1) is 12.8. The lowest BCUT2D eigenvalue weighted by Crippen LogP contribution is -2.14. The van der Waals surface area contributed by atoms with Crippen molar-refractivity contribution in [2.24, 2.45) is 0 Å². The lowest BCUT2D eigenvalue weighted by Gasteiger charge is -2.10. The summed E-state index contributed by atoms with van der Waals surface area (Å²) in [5.74, 6) is -1.10. The third kappa shape index (κ3) is 4.57. The lowest BCUT2D eigenvalue weighted by molar-refractivity contribution is -0.137. The number of hydrogen-bond donors (Lipinski definition) is 2. The Balaban J connectivity index is 1.70. The molecule has 0 atom stereocenters. The van der Waals surface area contributed by atoms with E-state index in [0.29, 0.717) is 0 Å². The molecular formula is C18H12F4N4O. The Labute approximate surface area is 151 Å². The molecule has 2 aromatic carbocycles. The number of carbonyl (C=O) groups excluding carboxylic acids is 1. The third-order valence-corrected chi connectivity index (χ3v) is 3.48. The molecule has 0 fully saturated rings. The zero-order valence-corrected chi connectivity index (χ0v) is 13.6. The molecule has 0 saturated carbocycles. The number of benzene rings is 2. The highest BCUT2D eigenvalue weighted by atomic mass is 19.4. The van der Waals surface area contributed by atoms with Gasteiger partial charge in [-0.2, -0.15) is 13.2 Å². The van der Waals surface area contributed by atoms with E-state index in [1.165, 1.54) is 42.7 Å². The van der Waals surface area contributed by atoms with Crippen LogP contribution in [-0.2, 0) is 6.18 Å². The topological polar surface area (TPSA) is 66.9 Å². The van der Waals surface area contributed by atoms with Crippen molar-refractivity contribution in [2.45, 2.75) is 6.18 Å². The van der Waals surface area contributed by atoms with Crippen molar-refractivity contribution in [2.75, 3.05) is 10.6 Å². The number of amides is 1. The number of nitrogens with one attached hydrogen (secondary N) is 2. The first-order valence-electron chi connectivity index (χ1n) is 7.65. The van der Waals surface area contributed by atoms with Gasteiger partial charge in [0.05, 0.1) is 16.8 Å². The fraction of sp³-hybridized carbons (Fsp3) is 0.0556. The van der Waals surface area contributed by atoms with E-state index < -0.39 is 23.5 Å². The molecule has 3 aromatic rings. The maximum absolute atomic E-state index is 13.6. The van der Waals surface area contributed by atoms with E-state index >= 15 is 0 Å². The molecule has 9 heteroatoms. The molecule has 0 aliphatic heterocycles. The summed E-state index contributed by atoms with van der Waals surface area (Å²) in [4.78, 5) is 20.0. The molecule has 0 unspecified atom stereocenters. The minimum atomic E-state index is -4.51. The number of hydrogen-bond acceptors (Lipinski definition) is 4. The SMILES string of the molecule is O=C(Nc1cccc(C(F)(F)F)c1)c1cnc(Nc2ccccc2F)nc1. The molecular weight excluding hydrogens is 364 g/mol. The number of carbonyl (C=O) groups is 1. The number of para-hydroxylation sites is 1. The maximum Gasteiger partial charge on any atom is 0.416 e. The fourth-order valence-electron chi connectivity index (χ4n) is 2.17. The van der Waals surface area contributed by atoms with E-state index in [4.69, 9.17) is 0 Å². The Bertz CT molecular complexity index is 958. The number of halogens is 4. The van der Waals surface area contributed by atoms with Gasteiger partial charge >= 0.3 is 6.18 Å². The van der Waals surface area contributed by atoms with Crippen molar-refractivity contribution in [3.05, 3.63) is 77.9 Å². The molecule has 5 nitrogen and oxygen atoms in total. The average Bonchev–Trinajstić information content (AvgIpc) is 2.64. The first kappa shape index (κ1) is 18.3. The molecule has 1 amide bonds. The number of anilines is 3. The average molecular weight is 376 g/mol. The van der Waals surface area contributed by atoms with Crippen LogP contribution in [0.5, 0.6) is 0 Å². The van der Waals surface area contributed by atoms with Crippen LogP contribution in [0.25, 0.3) is 0 Å². The summed E-state index contributed by atoms with van der Waals surface area (Å²) in [7, 11) is 0. The smallest absolute Gasteiger partial charge is 0.322 e. The van der Waals surface area contributed by atoms with E-state index in [1.807, 2.05) is 0 Å². The number of rotatable bonds is 4. The summed E-state index contributed by atoms with van der Waals surface area (Å²) < 4.78 is 51.7. The Kier molecular flexibility index (Phi) is 5.02. The Morgan fingerprint density at radius 2 is 1.67 bits per heavy atom. The molecule has 27 heavy (non-hydrogen) atoms. The van der Waals surface area contributed by atoms with Gasteiger partial charge in [-0.25, -0.2) is 14.4 Å². The second kappa shape index (κ2) is 7.40. The molecule has 0 saturated heterocycles. The van der Waals surface area contributed by atoms with Crippen molar-refractivity contribution < 1.29 is 22.4 Å². The second-order valence-corrected chi connectivity index (χ2v) is 5.43. The molecule has 2 N–H and O–H groups in total. The summed E-state index contributed by atoms with van der Waals surface area (Å²) in [6, 6.07) is 10.2. The van der Waals surface area contributed by atoms with Gasteiger partial charge in [0.2, 0.25) is 5.95 Å². The van der Waals surface area contributed by atoms with Gasteiger partial charge in [0.25, 0.3) is 5.91 Å². The van der Waals surface area contributed by atoms with E-state index in [0.717, 1.165) is 12.1 Å². The van der Waals surface area contributed by atoms with Gasteiger partial charge in [-0.1, -0.05) is 18.2 Å². The molecule has 3 rings (SSSR count). The van der Waals surface area contributed by atoms with Crippen LogP contribution in [0.1, 0.15) is 15.9 Å². The summed E-state index contributed by atoms with van der Waals surface area (Å²) in [6.45, 7) is 0. The third-order valence-electron chi connectivity index (χ3n) is 3.48. The van der Waals surface area contributed by atoms with Crippen LogP contribution in [0.4, 0.5) is 34.9 Å². The van der Waals surface area contributed by atoms with Gasteiger partial charge < -0.3 is 10.6 Å². The summed E-state index contributed by atoms with van der Waals surface area (Å²) in [5.41, 5.74) is -0.686. The number of nitrogens with zero attached hydrogens (tertiary/aromatic N) is 2. The van der Waals surface area contributed by atoms with Crippen molar-refractivity contribution in [1.29, 1.82) is 0 Å². The Morgan fingerprint density at radius 1 is 0.963 bits per heavy atom. The van der Waals surface area contributed by atoms with E-state index in [-0.39, 0.29) is 22.9 Å². The van der Waals surface area contributed by atoms with Crippen molar-refractivity contribution in [3.63, 3.8) is 0 Å². The molecule has 1 aromatic heterocycles. The van der Waals surface area contributed by atoms with Crippen LogP contribution < -0.4 is 10.6 Å². The molecule has 0 radical (unpaired) electrons. The first-order valence-corrected chi connectivity index (χ1v) is 7.65. The van der Waals surface area contributed by atoms with Gasteiger partial charge in [0.15, 0.2) is 0 Å². The standard InChI is InChI=1S/C18H12F4N4O/c19-14-6-1-2-7-15(14)26-17-23-9-11(10-24-17)16(27)25-13-5-3-4-12(8-13)18(20,21)22/h1-10H,(H,25,27)(H,23,24,26). The van der Waals surface area contributed by atoms with E-state index in [2.05, 4.69) is 20.6 Å². The quantitative estimate of drug-likeness (QED) is 0.652. The summed E-state index contributed by atoms with van der Waals surface area (Å²) >= 11 is 0. The van der Waals surface area contributed by atoms with Crippen LogP contribution in [0, 0.1) is 5.82 Å². The Morgan fingerprint density at radius 3 is 2.33 bits per heavy atom. The van der Waals surface area contributed by atoms with E-state index in [1.54, 1.807) is 6.07 Å². The minimum Gasteiger partial charge on any atom is -0.322 e. The van der Waals surface area contributed by atoms with Crippen molar-refractivity contribution in [3.8, 4) is 0 Å². The number of alkyl halides is 3. The fourth-order valence-corrected chi connectivity index (χ4v) is 2.17. The monoisotopic (exact) mass is 376 g/mol. The molecule has 1 heterocycles. The van der Waals surface area contributed by atoms with Gasteiger partial charge in [-0.05, 0) is 30.3 Å². The maximum atomic E-state index is 13.6. The lowest BCUT2D eigenvalue weighted by atomic mass is 10.2. The minimum absolute atomic E-state index is 0.0108. The highest BCUT2D eigenvalue weighted by Crippen LogP contribution is 2.30. The van der Waals surface area contributed by atoms with Crippen molar-refractivity contribution in [1.82, 2.24) is 9.97 Å². The van der Waals surface area contributed by atoms with E-state index in [9.17, 15) is 22.4 Å². The van der Waals surface area contributed by atoms with Gasteiger partial charge in [-0.3, -0.25) is 4.79 Å². The molecule has 0 bridgehead atoms. The molecule has 138 valence electrons. The van der Waals surface area contributed by atoms with Crippen LogP contribution >= 0.6 is 0 Å². The highest BCUT2D eigenvalue weighted by Gasteiger charge is 2.30. The largest absolute Gasteiger partial charge is 0.416 e. The summed E-state index contributed by atoms with van der Waals surface area (Å²) in [6.07, 6.45) is -2.15. The van der Waals surface area contributed by atoms with Gasteiger partial charge in [-0.15, -0.1) is 0 Å². The second-order valence-electron chi connectivity index (χ2n) is 5.43. The van der Waals surface area contributed by atoms with Gasteiger partial charge in [0.1, 0.15) is 5.82 Å². The van der Waals surface area contributed by atoms with Crippen LogP contribution in [0.2, 0.25) is 0 Å². The van der Waals surface area contributed by atoms with Crippen LogP contribution in [0.15, 0.2) is 60.9 Å². The summed E-state index contributed by atoms with van der Waals surface area (Å²) in [5, 5.41) is 5.01. The zero-order chi connectivity index (χ0) is 19.4. The molecule has 0 aliphatic rings. The highest BCUT2D eigenvalue weighted by molar-refractivity contribution is 6.03. The van der Waals surface area contributed by atoms with Crippen molar-refractivity contribution >= 4 is 23.2 Å². The normalized spacial score (nSPS) is 11.1. The Hall–Kier alpha value is -3.49. The van der Waals surface area contributed by atoms with Gasteiger partial charge in [0, 0.05) is 18.1 Å². The molecule has 0 spiro atoms.